The van der Waals surface area contributed by atoms with Crippen molar-refractivity contribution in [2.45, 2.75) is 43.1 Å². The molecule has 0 saturated heterocycles. The molecule has 288 valence electrons. The van der Waals surface area contributed by atoms with E-state index in [0.29, 0.717) is 20.6 Å². The number of aromatic nitrogens is 4. The Morgan fingerprint density at radius 1 is 0.389 bits per heavy atom. The van der Waals surface area contributed by atoms with Crippen LogP contribution in [-0.4, -0.2) is 50.0 Å². The summed E-state index contributed by atoms with van der Waals surface area (Å²) in [6, 6.07) is 35.4. The topological polar surface area (TPSA) is 240 Å². The van der Waals surface area contributed by atoms with Crippen molar-refractivity contribution in [3.63, 3.8) is 0 Å². The molecule has 0 radical (unpaired) electrons. The first-order chi connectivity index (χ1) is 24.9. The minimum atomic E-state index is -3.26. The van der Waals surface area contributed by atoms with Crippen molar-refractivity contribution in [2.24, 2.45) is 0 Å². The van der Waals surface area contributed by atoms with Crippen LogP contribution in [-0.2, 0) is 23.0 Å². The Bertz CT molecular complexity index is 1930. The first-order valence-electron chi connectivity index (χ1n) is 15.6. The Morgan fingerprint density at radius 3 is 1.00 bits per heavy atom. The summed E-state index contributed by atoms with van der Waals surface area (Å²) >= 11 is 3.18. The van der Waals surface area contributed by atoms with Gasteiger partial charge >= 0.3 is 10.1 Å². The average Bonchev–Trinajstić information content (AvgIpc) is 3.12. The standard InChI is InChI=1S/C18H20N2O6S2.C18H18N2O2S2.2H2O/c21-19-11-3-1-5-17(19)27(23,24)13-15-7-9-16(10-8-15)14-28(25,26)18-6-2-4-12-20(18)22;21-19-11-3-1-5-17(19)23-13-15-7-9-16(10-8-15)14-24-18-6-2-4-12-20(18)22;;/h1-12H,13-14H2,(H4-2,21,22,23,24,25,26);1-12,21-22H,13-14H2;2*1H2/q;+2;;/p+2. The average molecular weight is 821 g/mol. The minimum Gasteiger partial charge on any atom is -0.412 e. The molecular formula is C36H44N4O10S4+4. The summed E-state index contributed by atoms with van der Waals surface area (Å²) in [6.07, 6.45) is 5.88. The van der Waals surface area contributed by atoms with Gasteiger partial charge in [0.2, 0.25) is 24.8 Å². The molecule has 54 heavy (non-hydrogen) atoms. The van der Waals surface area contributed by atoms with E-state index < -0.39 is 21.2 Å². The third-order valence-corrected chi connectivity index (χ3v) is 13.1. The summed E-state index contributed by atoms with van der Waals surface area (Å²) in [7, 11) is -6.52. The molecular weight excluding hydrogens is 777 g/mol. The second-order valence-corrected chi connectivity index (χ2v) is 17.4. The van der Waals surface area contributed by atoms with Gasteiger partial charge in [-0.25, -0.2) is 0 Å². The lowest BCUT2D eigenvalue weighted by Gasteiger charge is -2.28. The van der Waals surface area contributed by atoms with E-state index in [0.717, 1.165) is 31.0 Å². The van der Waals surface area contributed by atoms with E-state index in [1.54, 1.807) is 96.6 Å². The highest BCUT2D eigenvalue weighted by Crippen LogP contribution is 2.50. The van der Waals surface area contributed by atoms with Gasteiger partial charge in [0.1, 0.15) is 0 Å². The molecule has 14 nitrogen and oxygen atoms in total. The van der Waals surface area contributed by atoms with E-state index in [4.69, 9.17) is 0 Å². The summed E-state index contributed by atoms with van der Waals surface area (Å²) in [5, 5.41) is 40.6. The zero-order valence-corrected chi connectivity index (χ0v) is 32.0. The molecule has 0 aliphatic carbocycles. The molecule has 0 aliphatic heterocycles. The van der Waals surface area contributed by atoms with Crippen molar-refractivity contribution in [2.75, 3.05) is 0 Å². The van der Waals surface area contributed by atoms with Crippen LogP contribution in [0.3, 0.4) is 0 Å². The molecule has 0 unspecified atom stereocenters. The maximum atomic E-state index is 10.4. The number of pyridine rings is 4. The van der Waals surface area contributed by atoms with Crippen LogP contribution in [0.5, 0.6) is 0 Å². The van der Waals surface area contributed by atoms with Crippen LogP contribution in [0.2, 0.25) is 0 Å². The molecule has 4 heterocycles. The number of nitrogens with zero attached hydrogens (tertiary/aromatic N) is 4. The number of rotatable bonds is 12. The van der Waals surface area contributed by atoms with Gasteiger partial charge in [0, 0.05) is 79.0 Å². The molecule has 0 saturated carbocycles. The van der Waals surface area contributed by atoms with E-state index in [-0.39, 0.29) is 32.5 Å². The van der Waals surface area contributed by atoms with E-state index in [2.05, 4.69) is 24.3 Å². The Labute approximate surface area is 323 Å². The van der Waals surface area contributed by atoms with Gasteiger partial charge in [-0.1, -0.05) is 48.5 Å². The van der Waals surface area contributed by atoms with E-state index in [1.165, 1.54) is 35.7 Å². The molecule has 0 atom stereocenters. The zero-order valence-electron chi connectivity index (χ0n) is 28.7. The fourth-order valence-electron chi connectivity index (χ4n) is 4.81. The molecule has 2 aromatic carbocycles. The second-order valence-electron chi connectivity index (χ2n) is 11.4. The summed E-state index contributed by atoms with van der Waals surface area (Å²) in [6.45, 7) is 0. The molecule has 4 aromatic heterocycles. The van der Waals surface area contributed by atoms with Gasteiger partial charge in [-0.05, 0) is 70.0 Å². The van der Waals surface area contributed by atoms with Crippen LogP contribution < -0.4 is 18.9 Å². The quantitative estimate of drug-likeness (QED) is 0.0466. The maximum Gasteiger partial charge on any atom is 0.344 e. The first kappa shape index (κ1) is 43.8. The van der Waals surface area contributed by atoms with Crippen LogP contribution in [0.1, 0.15) is 22.3 Å². The maximum absolute atomic E-state index is 10.4. The Hall–Kier alpha value is -4.60. The third kappa shape index (κ3) is 12.2. The third-order valence-electron chi connectivity index (χ3n) is 7.44. The van der Waals surface area contributed by atoms with Crippen molar-refractivity contribution in [3.05, 3.63) is 168 Å². The van der Waals surface area contributed by atoms with Crippen molar-refractivity contribution in [1.82, 2.24) is 0 Å². The smallest absolute Gasteiger partial charge is 0.344 e. The number of hydrogen-bond acceptors (Lipinski definition) is 10. The molecule has 6 rings (SSSR count). The monoisotopic (exact) mass is 820 g/mol. The van der Waals surface area contributed by atoms with Crippen molar-refractivity contribution < 1.29 is 68.9 Å². The van der Waals surface area contributed by atoms with Crippen molar-refractivity contribution >= 4 is 44.7 Å². The van der Waals surface area contributed by atoms with Crippen molar-refractivity contribution in [1.29, 1.82) is 0 Å². The highest BCUT2D eigenvalue weighted by Gasteiger charge is 2.29. The van der Waals surface area contributed by atoms with Gasteiger partial charge in [-0.2, -0.15) is 0 Å². The highest BCUT2D eigenvalue weighted by molar-refractivity contribution is 8.23. The largest absolute Gasteiger partial charge is 0.412 e. The SMILES string of the molecule is O.O.O[n+]1ccccc1S(O)(O)Cc1ccc(CS(O)(O)c2cccc[n+]2O)cc1.O[n+]1ccccc1SCc1ccc(CSc2cccc[n+]2O)cc1. The van der Waals surface area contributed by atoms with Crippen LogP contribution in [0.15, 0.2) is 166 Å². The summed E-state index contributed by atoms with van der Waals surface area (Å²) in [5.74, 6) is 1.41. The number of benzene rings is 2. The predicted molar refractivity (Wildman–Crippen MR) is 204 cm³/mol. The number of thioether (sulfide) groups is 2. The number of hydrogen-bond donors (Lipinski definition) is 8. The van der Waals surface area contributed by atoms with E-state index in [9.17, 15) is 39.0 Å². The van der Waals surface area contributed by atoms with Gasteiger partial charge in [-0.15, -0.1) is 21.2 Å². The normalized spacial score (nSPS) is 11.6. The predicted octanol–water partition coefficient (Wildman–Crippen LogP) is 5.03. The highest BCUT2D eigenvalue weighted by atomic mass is 32.3. The molecule has 18 heteroatoms. The first-order valence-corrected chi connectivity index (χ1v) is 21.0. The molecule has 0 fully saturated rings. The molecule has 6 aromatic rings. The summed E-state index contributed by atoms with van der Waals surface area (Å²) in [5.41, 5.74) is 3.63. The fourth-order valence-corrected chi connectivity index (χ4v) is 9.49. The molecule has 0 spiro atoms. The minimum absolute atomic E-state index is 0. The van der Waals surface area contributed by atoms with Gasteiger partial charge in [0.25, 0.3) is 10.1 Å². The van der Waals surface area contributed by atoms with Crippen LogP contribution in [0.4, 0.5) is 0 Å². The van der Waals surface area contributed by atoms with Crippen LogP contribution >= 0.6 is 44.7 Å². The van der Waals surface area contributed by atoms with Gasteiger partial charge < -0.3 is 11.0 Å². The van der Waals surface area contributed by atoms with E-state index in [1.807, 2.05) is 24.3 Å². The van der Waals surface area contributed by atoms with Gasteiger partial charge in [0.15, 0.2) is 0 Å². The lowest BCUT2D eigenvalue weighted by Crippen LogP contribution is -2.35. The molecule has 0 bridgehead atoms. The Balaban J connectivity index is 0.000000283. The summed E-state index contributed by atoms with van der Waals surface area (Å²) in [4.78, 5) is 0. The Kier molecular flexibility index (Phi) is 16.4. The lowest BCUT2D eigenvalue weighted by atomic mass is 10.2. The lowest BCUT2D eigenvalue weighted by molar-refractivity contribution is -0.933. The van der Waals surface area contributed by atoms with Crippen LogP contribution in [0, 0.1) is 0 Å². The molecule has 12 N–H and O–H groups in total. The van der Waals surface area contributed by atoms with Crippen molar-refractivity contribution in [3.8, 4) is 0 Å². The zero-order chi connectivity index (χ0) is 37.1. The molecule has 0 amide bonds. The fraction of sp³-hybridized carbons (Fsp3) is 0.111. The Morgan fingerprint density at radius 2 is 0.685 bits per heavy atom. The van der Waals surface area contributed by atoms with Gasteiger partial charge in [-0.3, -0.25) is 39.0 Å². The second kappa shape index (κ2) is 20.2. The van der Waals surface area contributed by atoms with Crippen LogP contribution in [0.25, 0.3) is 0 Å². The van der Waals surface area contributed by atoms with Gasteiger partial charge in [0.05, 0.1) is 11.5 Å². The molecule has 0 aliphatic rings. The summed E-state index contributed by atoms with van der Waals surface area (Å²) < 4.78 is 45.3. The van der Waals surface area contributed by atoms with E-state index >= 15 is 0 Å².